The second-order valence-electron chi connectivity index (χ2n) is 6.72. The highest BCUT2D eigenvalue weighted by atomic mass is 32.1. The first kappa shape index (κ1) is 17.6. The van der Waals surface area contributed by atoms with Crippen molar-refractivity contribution in [3.8, 4) is 0 Å². The van der Waals surface area contributed by atoms with E-state index in [1.54, 1.807) is 11.3 Å². The number of aromatic nitrogens is 2. The van der Waals surface area contributed by atoms with E-state index in [-0.39, 0.29) is 12.1 Å². The summed E-state index contributed by atoms with van der Waals surface area (Å²) in [6, 6.07) is -0.548. The summed E-state index contributed by atoms with van der Waals surface area (Å²) in [6.45, 7) is 4.18. The fourth-order valence-electron chi connectivity index (χ4n) is 2.96. The number of nitrogens with one attached hydrogen (secondary N) is 2. The number of carbonyl (C=O) groups is 2. The minimum absolute atomic E-state index is 0.206. The molecule has 134 valence electrons. The van der Waals surface area contributed by atoms with Crippen molar-refractivity contribution in [1.29, 1.82) is 0 Å². The maximum atomic E-state index is 12.7. The average Bonchev–Trinajstić information content (AvgIpc) is 2.94. The zero-order valence-electron chi connectivity index (χ0n) is 14.4. The van der Waals surface area contributed by atoms with E-state index in [4.69, 9.17) is 0 Å². The Morgan fingerprint density at radius 3 is 2.84 bits per heavy atom. The Morgan fingerprint density at radius 2 is 2.08 bits per heavy atom. The molecule has 3 rings (SSSR count). The SMILES string of the molecule is CC(C)CNC(=O)NC(=O)Cn1cnc2sc3c(c2c1=O)CCCC3. The number of fused-ring (bicyclic) bond motifs is 3. The average molecular weight is 362 g/mol. The first-order chi connectivity index (χ1) is 12.0. The number of imide groups is 1. The Labute approximate surface area is 149 Å². The molecule has 1 aliphatic rings. The molecule has 3 amide bonds. The Kier molecular flexibility index (Phi) is 5.17. The third-order valence-corrected chi connectivity index (χ3v) is 5.38. The van der Waals surface area contributed by atoms with Crippen LogP contribution in [-0.2, 0) is 24.2 Å². The van der Waals surface area contributed by atoms with Crippen molar-refractivity contribution in [2.24, 2.45) is 5.92 Å². The normalized spacial score (nSPS) is 13.7. The monoisotopic (exact) mass is 362 g/mol. The number of carbonyl (C=O) groups excluding carboxylic acids is 2. The van der Waals surface area contributed by atoms with Gasteiger partial charge in [-0.1, -0.05) is 13.8 Å². The van der Waals surface area contributed by atoms with Crippen LogP contribution in [-0.4, -0.2) is 28.0 Å². The predicted octanol–water partition coefficient (Wildman–Crippen LogP) is 1.82. The molecule has 2 aromatic heterocycles. The predicted molar refractivity (Wildman–Crippen MR) is 96.9 cm³/mol. The molecule has 2 heterocycles. The van der Waals surface area contributed by atoms with Gasteiger partial charge in [-0.3, -0.25) is 19.5 Å². The molecule has 0 fully saturated rings. The molecule has 0 aliphatic heterocycles. The number of thiophene rings is 1. The van der Waals surface area contributed by atoms with Gasteiger partial charge >= 0.3 is 6.03 Å². The largest absolute Gasteiger partial charge is 0.338 e. The zero-order chi connectivity index (χ0) is 18.0. The standard InChI is InChI=1S/C17H22N4O3S/c1-10(2)7-18-17(24)20-13(22)8-21-9-19-15-14(16(21)23)11-5-3-4-6-12(11)25-15/h9-10H,3-8H2,1-2H3,(H2,18,20,22,24). The molecule has 0 saturated heterocycles. The number of hydrogen-bond donors (Lipinski definition) is 2. The third kappa shape index (κ3) is 3.89. The molecule has 0 radical (unpaired) electrons. The van der Waals surface area contributed by atoms with Gasteiger partial charge in [0.25, 0.3) is 5.56 Å². The molecule has 8 heteroatoms. The van der Waals surface area contributed by atoms with Crippen LogP contribution >= 0.6 is 11.3 Å². The number of nitrogens with zero attached hydrogens (tertiary/aromatic N) is 2. The van der Waals surface area contributed by atoms with Crippen molar-refractivity contribution in [3.63, 3.8) is 0 Å². The van der Waals surface area contributed by atoms with Crippen molar-refractivity contribution in [2.45, 2.75) is 46.1 Å². The number of hydrogen-bond acceptors (Lipinski definition) is 5. The summed E-state index contributed by atoms with van der Waals surface area (Å²) in [6.07, 6.45) is 5.48. The molecular formula is C17H22N4O3S. The van der Waals surface area contributed by atoms with Crippen LogP contribution in [0.2, 0.25) is 0 Å². The summed E-state index contributed by atoms with van der Waals surface area (Å²) in [5.41, 5.74) is 0.885. The van der Waals surface area contributed by atoms with Crippen LogP contribution in [0.1, 0.15) is 37.1 Å². The molecule has 0 saturated carbocycles. The lowest BCUT2D eigenvalue weighted by atomic mass is 9.97. The summed E-state index contributed by atoms with van der Waals surface area (Å²) in [4.78, 5) is 42.7. The van der Waals surface area contributed by atoms with Gasteiger partial charge in [-0.05, 0) is 37.2 Å². The van der Waals surface area contributed by atoms with Crippen molar-refractivity contribution in [2.75, 3.05) is 6.54 Å². The van der Waals surface area contributed by atoms with Crippen molar-refractivity contribution in [1.82, 2.24) is 20.2 Å². The van der Waals surface area contributed by atoms with E-state index < -0.39 is 11.9 Å². The summed E-state index contributed by atoms with van der Waals surface area (Å²) < 4.78 is 1.27. The van der Waals surface area contributed by atoms with E-state index in [1.807, 2.05) is 13.8 Å². The lowest BCUT2D eigenvalue weighted by molar-refractivity contribution is -0.120. The molecule has 2 N–H and O–H groups in total. The third-order valence-electron chi connectivity index (χ3n) is 4.18. The number of amides is 3. The number of urea groups is 1. The first-order valence-corrected chi connectivity index (χ1v) is 9.34. The van der Waals surface area contributed by atoms with Crippen molar-refractivity contribution in [3.05, 3.63) is 27.1 Å². The lowest BCUT2D eigenvalue weighted by Gasteiger charge is -2.11. The Morgan fingerprint density at radius 1 is 1.32 bits per heavy atom. The quantitative estimate of drug-likeness (QED) is 0.868. The van der Waals surface area contributed by atoms with Crippen LogP contribution < -0.4 is 16.2 Å². The molecule has 25 heavy (non-hydrogen) atoms. The van der Waals surface area contributed by atoms with Gasteiger partial charge < -0.3 is 5.32 Å². The fourth-order valence-corrected chi connectivity index (χ4v) is 4.18. The highest BCUT2D eigenvalue weighted by molar-refractivity contribution is 7.18. The van der Waals surface area contributed by atoms with Crippen LogP contribution in [0.15, 0.2) is 11.1 Å². The first-order valence-electron chi connectivity index (χ1n) is 8.53. The number of aryl methyl sites for hydroxylation is 2. The molecule has 0 unspecified atom stereocenters. The summed E-state index contributed by atoms with van der Waals surface area (Å²) >= 11 is 1.57. The zero-order valence-corrected chi connectivity index (χ0v) is 15.2. The minimum Gasteiger partial charge on any atom is -0.338 e. The van der Waals surface area contributed by atoms with Gasteiger partial charge in [0.15, 0.2) is 0 Å². The van der Waals surface area contributed by atoms with Crippen molar-refractivity contribution >= 4 is 33.5 Å². The van der Waals surface area contributed by atoms with E-state index in [0.29, 0.717) is 17.8 Å². The van der Waals surface area contributed by atoms with Crippen molar-refractivity contribution < 1.29 is 9.59 Å². The topological polar surface area (TPSA) is 93.1 Å². The van der Waals surface area contributed by atoms with Crippen LogP contribution in [0.3, 0.4) is 0 Å². The van der Waals surface area contributed by atoms with E-state index in [9.17, 15) is 14.4 Å². The Hall–Kier alpha value is -2.22. The van der Waals surface area contributed by atoms with Gasteiger partial charge in [-0.25, -0.2) is 9.78 Å². The van der Waals surface area contributed by atoms with Gasteiger partial charge in [-0.2, -0.15) is 0 Å². The van der Waals surface area contributed by atoms with E-state index in [2.05, 4.69) is 15.6 Å². The number of rotatable bonds is 4. The lowest BCUT2D eigenvalue weighted by Crippen LogP contribution is -2.43. The second kappa shape index (κ2) is 7.35. The van der Waals surface area contributed by atoms with Gasteiger partial charge in [0.05, 0.1) is 11.7 Å². The van der Waals surface area contributed by atoms with Gasteiger partial charge in [0, 0.05) is 11.4 Å². The van der Waals surface area contributed by atoms with Crippen LogP contribution in [0.4, 0.5) is 4.79 Å². The smallest absolute Gasteiger partial charge is 0.321 e. The van der Waals surface area contributed by atoms with Gasteiger partial charge in [0.2, 0.25) is 5.91 Å². The van der Waals surface area contributed by atoms with E-state index in [1.165, 1.54) is 15.8 Å². The molecule has 0 spiro atoms. The molecule has 1 aliphatic carbocycles. The molecule has 0 bridgehead atoms. The maximum absolute atomic E-state index is 12.7. The Balaban J connectivity index is 1.75. The van der Waals surface area contributed by atoms with Crippen LogP contribution in [0, 0.1) is 5.92 Å². The second-order valence-corrected chi connectivity index (χ2v) is 7.80. The highest BCUT2D eigenvalue weighted by Gasteiger charge is 2.20. The molecule has 0 aromatic carbocycles. The fraction of sp³-hybridized carbons (Fsp3) is 0.529. The van der Waals surface area contributed by atoms with E-state index in [0.717, 1.165) is 36.1 Å². The summed E-state index contributed by atoms with van der Waals surface area (Å²) in [5.74, 6) is -0.242. The highest BCUT2D eigenvalue weighted by Crippen LogP contribution is 2.33. The van der Waals surface area contributed by atoms with Gasteiger partial charge in [0.1, 0.15) is 11.4 Å². The molecule has 0 atom stereocenters. The van der Waals surface area contributed by atoms with Crippen LogP contribution in [0.25, 0.3) is 10.2 Å². The molecular weight excluding hydrogens is 340 g/mol. The summed E-state index contributed by atoms with van der Waals surface area (Å²) in [5, 5.41) is 5.49. The van der Waals surface area contributed by atoms with Gasteiger partial charge in [-0.15, -0.1) is 11.3 Å². The van der Waals surface area contributed by atoms with Crippen LogP contribution in [0.5, 0.6) is 0 Å². The molecule has 7 nitrogen and oxygen atoms in total. The summed E-state index contributed by atoms with van der Waals surface area (Å²) in [7, 11) is 0. The van der Waals surface area contributed by atoms with E-state index >= 15 is 0 Å². The Bertz CT molecular complexity index is 869. The minimum atomic E-state index is -0.548. The maximum Gasteiger partial charge on any atom is 0.321 e. The molecule has 2 aromatic rings.